The van der Waals surface area contributed by atoms with E-state index < -0.39 is 11.1 Å². The van der Waals surface area contributed by atoms with Crippen LogP contribution in [-0.4, -0.2) is 45.2 Å². The topological polar surface area (TPSA) is 64.4 Å². The second kappa shape index (κ2) is 5.50. The molecule has 0 bridgehead atoms. The number of ketones is 1. The Morgan fingerprint density at radius 2 is 1.86 bits per heavy atom. The van der Waals surface area contributed by atoms with Crippen LogP contribution in [0.3, 0.4) is 0 Å². The Hall–Kier alpha value is -1.85. The first kappa shape index (κ1) is 15.5. The molecule has 1 aliphatic heterocycles. The van der Waals surface area contributed by atoms with Crippen molar-refractivity contribution in [1.82, 2.24) is 14.7 Å². The van der Waals surface area contributed by atoms with E-state index in [9.17, 15) is 9.59 Å². The summed E-state index contributed by atoms with van der Waals surface area (Å²) in [4.78, 5) is 25.9. The minimum absolute atomic E-state index is 0.0787. The fraction of sp³-hybridized carbons (Fsp3) is 0.667. The van der Waals surface area contributed by atoms with Gasteiger partial charge in [-0.1, -0.05) is 0 Å². The van der Waals surface area contributed by atoms with E-state index in [2.05, 4.69) is 5.10 Å². The maximum atomic E-state index is 12.1. The number of ether oxygens (including phenoxy) is 1. The molecule has 21 heavy (non-hydrogen) atoms. The molecule has 2 heterocycles. The Labute approximate surface area is 125 Å². The average Bonchev–Trinajstić information content (AvgIpc) is 2.90. The Bertz CT molecular complexity index is 509. The molecule has 1 saturated heterocycles. The largest absolute Gasteiger partial charge is 0.444 e. The minimum Gasteiger partial charge on any atom is -0.444 e. The molecule has 6 nitrogen and oxygen atoms in total. The molecule has 0 radical (unpaired) electrons. The third-order valence-electron chi connectivity index (χ3n) is 3.84. The predicted octanol–water partition coefficient (Wildman–Crippen LogP) is 2.20. The number of amides is 1. The van der Waals surface area contributed by atoms with Gasteiger partial charge in [0.1, 0.15) is 11.1 Å². The van der Waals surface area contributed by atoms with Crippen molar-refractivity contribution in [2.45, 2.75) is 51.7 Å². The molecule has 1 aliphatic rings. The lowest BCUT2D eigenvalue weighted by molar-refractivity contribution is -0.128. The van der Waals surface area contributed by atoms with Crippen LogP contribution >= 0.6 is 0 Å². The first-order chi connectivity index (χ1) is 9.74. The molecule has 2 rings (SSSR count). The van der Waals surface area contributed by atoms with Crippen LogP contribution in [0.4, 0.5) is 4.79 Å². The molecular weight excluding hydrogens is 270 g/mol. The lowest BCUT2D eigenvalue weighted by Gasteiger charge is -2.40. The second-order valence-electron chi connectivity index (χ2n) is 6.51. The van der Waals surface area contributed by atoms with Gasteiger partial charge in [-0.25, -0.2) is 4.79 Å². The van der Waals surface area contributed by atoms with Gasteiger partial charge in [0.05, 0.1) is 0 Å². The quantitative estimate of drug-likeness (QED) is 0.838. The average molecular weight is 293 g/mol. The van der Waals surface area contributed by atoms with Crippen LogP contribution in [0.2, 0.25) is 0 Å². The molecule has 0 spiro atoms. The SMILES string of the molecule is CC(=O)C1(n2cccn2)CCN(C(=O)OC(C)(C)C)CC1. The third kappa shape index (κ3) is 3.25. The number of hydrogen-bond acceptors (Lipinski definition) is 4. The molecule has 1 fully saturated rings. The third-order valence-corrected chi connectivity index (χ3v) is 3.84. The number of Topliss-reactive ketones (excluding diaryl/α,β-unsaturated/α-hetero) is 1. The van der Waals surface area contributed by atoms with Crippen molar-refractivity contribution in [3.05, 3.63) is 18.5 Å². The zero-order chi connectivity index (χ0) is 15.7. The zero-order valence-corrected chi connectivity index (χ0v) is 13.1. The van der Waals surface area contributed by atoms with Gasteiger partial charge in [-0.05, 0) is 46.6 Å². The number of carbonyl (C=O) groups excluding carboxylic acids is 2. The molecule has 116 valence electrons. The molecule has 0 saturated carbocycles. The number of rotatable bonds is 2. The summed E-state index contributed by atoms with van der Waals surface area (Å²) in [5.41, 5.74) is -1.14. The highest BCUT2D eigenvalue weighted by molar-refractivity contribution is 5.84. The van der Waals surface area contributed by atoms with Gasteiger partial charge >= 0.3 is 6.09 Å². The van der Waals surface area contributed by atoms with Crippen LogP contribution in [0.5, 0.6) is 0 Å². The van der Waals surface area contributed by atoms with Gasteiger partial charge in [0, 0.05) is 25.5 Å². The second-order valence-corrected chi connectivity index (χ2v) is 6.51. The van der Waals surface area contributed by atoms with Crippen molar-refractivity contribution < 1.29 is 14.3 Å². The van der Waals surface area contributed by atoms with E-state index in [0.717, 1.165) is 0 Å². The molecule has 0 N–H and O–H groups in total. The van der Waals surface area contributed by atoms with E-state index in [1.54, 1.807) is 22.7 Å². The summed E-state index contributed by atoms with van der Waals surface area (Å²) in [5, 5.41) is 4.22. The standard InChI is InChI=1S/C15H23N3O3/c1-12(19)15(18-9-5-8-16-18)6-10-17(11-7-15)13(20)21-14(2,3)4/h5,8-9H,6-7,10-11H2,1-4H3. The van der Waals surface area contributed by atoms with Crippen LogP contribution < -0.4 is 0 Å². The van der Waals surface area contributed by atoms with Crippen LogP contribution in [0.1, 0.15) is 40.5 Å². The van der Waals surface area contributed by atoms with Crippen molar-refractivity contribution in [2.24, 2.45) is 0 Å². The molecular formula is C15H23N3O3. The highest BCUT2D eigenvalue weighted by Gasteiger charge is 2.42. The fourth-order valence-electron chi connectivity index (χ4n) is 2.65. The summed E-state index contributed by atoms with van der Waals surface area (Å²) in [6.07, 6.45) is 4.28. The Balaban J connectivity index is 2.08. The number of carbonyl (C=O) groups is 2. The Kier molecular flexibility index (Phi) is 4.07. The first-order valence-corrected chi connectivity index (χ1v) is 7.24. The molecule has 1 aromatic rings. The van der Waals surface area contributed by atoms with Gasteiger partial charge in [0.2, 0.25) is 0 Å². The molecule has 1 amide bonds. The summed E-state index contributed by atoms with van der Waals surface area (Å²) < 4.78 is 7.10. The van der Waals surface area contributed by atoms with Gasteiger partial charge in [0.15, 0.2) is 5.78 Å². The summed E-state index contributed by atoms with van der Waals surface area (Å²) >= 11 is 0. The fourth-order valence-corrected chi connectivity index (χ4v) is 2.65. The first-order valence-electron chi connectivity index (χ1n) is 7.24. The van der Waals surface area contributed by atoms with E-state index in [0.29, 0.717) is 25.9 Å². The van der Waals surface area contributed by atoms with E-state index in [1.807, 2.05) is 33.0 Å². The maximum Gasteiger partial charge on any atom is 0.410 e. The van der Waals surface area contributed by atoms with Gasteiger partial charge in [-0.3, -0.25) is 9.48 Å². The molecule has 0 atom stereocenters. The highest BCUT2D eigenvalue weighted by atomic mass is 16.6. The molecule has 0 unspecified atom stereocenters. The summed E-state index contributed by atoms with van der Waals surface area (Å²) in [7, 11) is 0. The zero-order valence-electron chi connectivity index (χ0n) is 13.1. The maximum absolute atomic E-state index is 12.1. The number of aromatic nitrogens is 2. The normalized spacial score (nSPS) is 18.4. The Morgan fingerprint density at radius 1 is 1.24 bits per heavy atom. The van der Waals surface area contributed by atoms with Crippen molar-refractivity contribution in [3.8, 4) is 0 Å². The van der Waals surface area contributed by atoms with Gasteiger partial charge < -0.3 is 9.64 Å². The number of likely N-dealkylation sites (tertiary alicyclic amines) is 1. The lowest BCUT2D eigenvalue weighted by atomic mass is 9.84. The van der Waals surface area contributed by atoms with Crippen molar-refractivity contribution in [2.75, 3.05) is 13.1 Å². The number of hydrogen-bond donors (Lipinski definition) is 0. The van der Waals surface area contributed by atoms with E-state index >= 15 is 0 Å². The molecule has 0 aliphatic carbocycles. The smallest absolute Gasteiger partial charge is 0.410 e. The van der Waals surface area contributed by atoms with Gasteiger partial charge in [-0.2, -0.15) is 5.10 Å². The number of nitrogens with zero attached hydrogens (tertiary/aromatic N) is 3. The lowest BCUT2D eigenvalue weighted by Crippen LogP contribution is -2.52. The predicted molar refractivity (Wildman–Crippen MR) is 77.9 cm³/mol. The summed E-state index contributed by atoms with van der Waals surface area (Å²) in [6, 6.07) is 1.81. The molecule has 0 aromatic carbocycles. The van der Waals surface area contributed by atoms with E-state index in [4.69, 9.17) is 4.74 Å². The highest BCUT2D eigenvalue weighted by Crippen LogP contribution is 2.31. The minimum atomic E-state index is -0.637. The van der Waals surface area contributed by atoms with Crippen LogP contribution in [0.15, 0.2) is 18.5 Å². The molecule has 1 aromatic heterocycles. The van der Waals surface area contributed by atoms with E-state index in [1.165, 1.54) is 0 Å². The van der Waals surface area contributed by atoms with Gasteiger partial charge in [-0.15, -0.1) is 0 Å². The summed E-state index contributed by atoms with van der Waals surface area (Å²) in [5.74, 6) is 0.0787. The van der Waals surface area contributed by atoms with Crippen LogP contribution in [0.25, 0.3) is 0 Å². The summed E-state index contributed by atoms with van der Waals surface area (Å²) in [6.45, 7) is 8.11. The Morgan fingerprint density at radius 3 is 2.29 bits per heavy atom. The number of piperidine rings is 1. The molecule has 6 heteroatoms. The van der Waals surface area contributed by atoms with E-state index in [-0.39, 0.29) is 11.9 Å². The van der Waals surface area contributed by atoms with Gasteiger partial charge in [0.25, 0.3) is 0 Å². The van der Waals surface area contributed by atoms with Crippen molar-refractivity contribution >= 4 is 11.9 Å². The van der Waals surface area contributed by atoms with Crippen LogP contribution in [-0.2, 0) is 15.1 Å². The van der Waals surface area contributed by atoms with Crippen molar-refractivity contribution in [3.63, 3.8) is 0 Å². The van der Waals surface area contributed by atoms with Crippen molar-refractivity contribution in [1.29, 1.82) is 0 Å². The monoisotopic (exact) mass is 293 g/mol. The van der Waals surface area contributed by atoms with Crippen LogP contribution in [0, 0.1) is 0 Å².